The minimum atomic E-state index is -4.33. The van der Waals surface area contributed by atoms with Gasteiger partial charge in [-0.1, -0.05) is 23.4 Å². The molecule has 0 saturated heterocycles. The lowest BCUT2D eigenvalue weighted by molar-refractivity contribution is 0.113. The Morgan fingerprint density at radius 1 is 1.04 bits per heavy atom. The van der Waals surface area contributed by atoms with Crippen molar-refractivity contribution >= 4 is 10.0 Å². The highest BCUT2D eigenvalue weighted by molar-refractivity contribution is 7.89. The molecule has 0 aliphatic carbocycles. The van der Waals surface area contributed by atoms with Crippen LogP contribution in [0.15, 0.2) is 45.8 Å². The molecule has 5 nitrogen and oxygen atoms in total. The van der Waals surface area contributed by atoms with E-state index in [4.69, 9.17) is 5.14 Å². The molecule has 0 bridgehead atoms. The Bertz CT molecular complexity index is 1130. The number of benzene rings is 2. The molecular formula is C17H12F4N2O3S. The molecular weight excluding hydrogens is 388 g/mol. The summed E-state index contributed by atoms with van der Waals surface area (Å²) in [6.07, 6.45) is -3.09. The number of aryl methyl sites for hydroxylation is 1. The Labute approximate surface area is 151 Å². The minimum Gasteiger partial charge on any atom is -0.354 e. The summed E-state index contributed by atoms with van der Waals surface area (Å²) in [5, 5.41) is 8.46. The van der Waals surface area contributed by atoms with E-state index in [-0.39, 0.29) is 22.4 Å². The van der Waals surface area contributed by atoms with Gasteiger partial charge >= 0.3 is 0 Å². The Morgan fingerprint density at radius 2 is 1.67 bits per heavy atom. The topological polar surface area (TPSA) is 86.2 Å². The zero-order chi connectivity index (χ0) is 19.9. The van der Waals surface area contributed by atoms with Crippen LogP contribution in [0.3, 0.4) is 0 Å². The van der Waals surface area contributed by atoms with E-state index >= 15 is 0 Å². The lowest BCUT2D eigenvalue weighted by atomic mass is 9.98. The highest BCUT2D eigenvalue weighted by Gasteiger charge is 2.27. The van der Waals surface area contributed by atoms with E-state index in [2.05, 4.69) is 9.68 Å². The van der Waals surface area contributed by atoms with Crippen LogP contribution in [-0.2, 0) is 10.0 Å². The Balaban J connectivity index is 2.24. The lowest BCUT2D eigenvalue weighted by Gasteiger charge is -2.07. The van der Waals surface area contributed by atoms with Crippen LogP contribution < -0.4 is 5.14 Å². The standard InChI is InChI=1S/C17H12F4N2O3S/c1-8-2-3-10(7-11(8)18)15-14(16(17(20)21)26-23-15)9-4-5-13(12(19)6-9)27(22,24)25/h2-7,17H,1H3,(H2,22,24,25). The predicted molar refractivity (Wildman–Crippen MR) is 88.4 cm³/mol. The Kier molecular flexibility index (Phi) is 4.79. The maximum absolute atomic E-state index is 14.2. The molecule has 2 aromatic carbocycles. The van der Waals surface area contributed by atoms with Gasteiger partial charge in [-0.25, -0.2) is 31.1 Å². The molecule has 0 spiro atoms. The van der Waals surface area contributed by atoms with E-state index in [1.54, 1.807) is 0 Å². The van der Waals surface area contributed by atoms with Crippen LogP contribution in [0.5, 0.6) is 0 Å². The third kappa shape index (κ3) is 3.58. The molecule has 1 heterocycles. The number of hydrogen-bond donors (Lipinski definition) is 1. The van der Waals surface area contributed by atoms with Crippen molar-refractivity contribution < 1.29 is 30.5 Å². The van der Waals surface area contributed by atoms with Crippen molar-refractivity contribution in [2.75, 3.05) is 0 Å². The number of halogens is 4. The molecule has 0 unspecified atom stereocenters. The third-order valence-corrected chi connectivity index (χ3v) is 4.83. The molecule has 0 aliphatic rings. The summed E-state index contributed by atoms with van der Waals surface area (Å²) in [7, 11) is -4.33. The van der Waals surface area contributed by atoms with E-state index in [9.17, 15) is 26.0 Å². The van der Waals surface area contributed by atoms with Gasteiger partial charge in [0.1, 0.15) is 22.2 Å². The van der Waals surface area contributed by atoms with E-state index < -0.39 is 38.7 Å². The second-order valence-electron chi connectivity index (χ2n) is 5.73. The Morgan fingerprint density at radius 3 is 2.22 bits per heavy atom. The first-order valence-electron chi connectivity index (χ1n) is 7.46. The summed E-state index contributed by atoms with van der Waals surface area (Å²) < 4.78 is 82.0. The molecule has 10 heteroatoms. The predicted octanol–water partition coefficient (Wildman–Crippen LogP) is 4.18. The van der Waals surface area contributed by atoms with Gasteiger partial charge < -0.3 is 4.52 Å². The van der Waals surface area contributed by atoms with Crippen LogP contribution in [0.2, 0.25) is 0 Å². The number of hydrogen-bond acceptors (Lipinski definition) is 4. The van der Waals surface area contributed by atoms with E-state index in [0.29, 0.717) is 5.56 Å². The molecule has 3 aromatic rings. The van der Waals surface area contributed by atoms with Crippen molar-refractivity contribution in [1.29, 1.82) is 0 Å². The number of nitrogens with zero attached hydrogens (tertiary/aromatic N) is 1. The third-order valence-electron chi connectivity index (χ3n) is 3.89. The number of sulfonamides is 1. The van der Waals surface area contributed by atoms with Gasteiger partial charge in [0.25, 0.3) is 6.43 Å². The average Bonchev–Trinajstić information content (AvgIpc) is 3.01. The van der Waals surface area contributed by atoms with Crippen LogP contribution >= 0.6 is 0 Å². The van der Waals surface area contributed by atoms with Gasteiger partial charge in [0.15, 0.2) is 0 Å². The summed E-state index contributed by atoms with van der Waals surface area (Å²) in [6, 6.07) is 6.63. The lowest BCUT2D eigenvalue weighted by Crippen LogP contribution is -2.14. The molecule has 0 atom stereocenters. The van der Waals surface area contributed by atoms with Gasteiger partial charge in [0, 0.05) is 5.56 Å². The van der Waals surface area contributed by atoms with Crippen LogP contribution in [0.4, 0.5) is 17.6 Å². The number of primary sulfonamides is 1. The molecule has 3 rings (SSSR count). The van der Waals surface area contributed by atoms with Crippen molar-refractivity contribution in [3.63, 3.8) is 0 Å². The first kappa shape index (κ1) is 19.1. The van der Waals surface area contributed by atoms with Crippen molar-refractivity contribution in [2.24, 2.45) is 5.14 Å². The van der Waals surface area contributed by atoms with Crippen LogP contribution in [-0.4, -0.2) is 13.6 Å². The molecule has 0 radical (unpaired) electrons. The quantitative estimate of drug-likeness (QED) is 0.666. The first-order valence-corrected chi connectivity index (χ1v) is 9.01. The molecule has 0 fully saturated rings. The highest BCUT2D eigenvalue weighted by atomic mass is 32.2. The fraction of sp³-hybridized carbons (Fsp3) is 0.118. The van der Waals surface area contributed by atoms with Gasteiger partial charge in [-0.2, -0.15) is 0 Å². The van der Waals surface area contributed by atoms with Crippen molar-refractivity contribution in [3.05, 3.63) is 59.4 Å². The minimum absolute atomic E-state index is 0.118. The number of alkyl halides is 2. The highest BCUT2D eigenvalue weighted by Crippen LogP contribution is 2.40. The van der Waals surface area contributed by atoms with E-state index in [1.807, 2.05) is 0 Å². The average molecular weight is 400 g/mol. The summed E-state index contributed by atoms with van der Waals surface area (Å²) >= 11 is 0. The van der Waals surface area contributed by atoms with Crippen molar-refractivity contribution in [1.82, 2.24) is 5.16 Å². The molecule has 27 heavy (non-hydrogen) atoms. The molecule has 0 aliphatic heterocycles. The number of rotatable bonds is 4. The molecule has 0 saturated carbocycles. The molecule has 2 N–H and O–H groups in total. The SMILES string of the molecule is Cc1ccc(-c2noc(C(F)F)c2-c2ccc(S(N)(=O)=O)c(F)c2)cc1F. The van der Waals surface area contributed by atoms with Gasteiger partial charge in [0.05, 0.1) is 5.56 Å². The van der Waals surface area contributed by atoms with Crippen LogP contribution in [0.1, 0.15) is 17.7 Å². The zero-order valence-corrected chi connectivity index (χ0v) is 14.5. The number of nitrogens with two attached hydrogens (primary N) is 1. The fourth-order valence-electron chi connectivity index (χ4n) is 2.56. The second-order valence-corrected chi connectivity index (χ2v) is 7.26. The van der Waals surface area contributed by atoms with Crippen molar-refractivity contribution in [2.45, 2.75) is 18.2 Å². The zero-order valence-electron chi connectivity index (χ0n) is 13.7. The normalized spacial score (nSPS) is 12.0. The first-order chi connectivity index (χ1) is 12.6. The fourth-order valence-corrected chi connectivity index (χ4v) is 3.14. The molecule has 1 aromatic heterocycles. The van der Waals surface area contributed by atoms with E-state index in [0.717, 1.165) is 24.3 Å². The smallest absolute Gasteiger partial charge is 0.298 e. The largest absolute Gasteiger partial charge is 0.354 e. The Hall–Kier alpha value is -2.72. The van der Waals surface area contributed by atoms with Gasteiger partial charge in [-0.15, -0.1) is 0 Å². The van der Waals surface area contributed by atoms with Crippen LogP contribution in [0, 0.1) is 18.6 Å². The number of aromatic nitrogens is 1. The van der Waals surface area contributed by atoms with Gasteiger partial charge in [-0.05, 0) is 36.2 Å². The van der Waals surface area contributed by atoms with E-state index in [1.165, 1.54) is 19.1 Å². The van der Waals surface area contributed by atoms with Crippen molar-refractivity contribution in [3.8, 4) is 22.4 Å². The molecule has 142 valence electrons. The summed E-state index contributed by atoms with van der Waals surface area (Å²) in [5.74, 6) is -2.66. The van der Waals surface area contributed by atoms with Crippen LogP contribution in [0.25, 0.3) is 22.4 Å². The molecule has 0 amide bonds. The monoisotopic (exact) mass is 400 g/mol. The van der Waals surface area contributed by atoms with Gasteiger partial charge in [0.2, 0.25) is 15.8 Å². The summed E-state index contributed by atoms with van der Waals surface area (Å²) in [6.45, 7) is 1.52. The maximum atomic E-state index is 14.2. The second kappa shape index (κ2) is 6.78. The van der Waals surface area contributed by atoms with Gasteiger partial charge in [-0.3, -0.25) is 0 Å². The summed E-state index contributed by atoms with van der Waals surface area (Å²) in [4.78, 5) is -0.788. The maximum Gasteiger partial charge on any atom is 0.298 e. The summed E-state index contributed by atoms with van der Waals surface area (Å²) in [5.41, 5.74) is -0.0476.